The van der Waals surface area contributed by atoms with Crippen LogP contribution in [-0.4, -0.2) is 11.0 Å². The topological polar surface area (TPSA) is 63.0 Å². The Labute approximate surface area is 160 Å². The lowest BCUT2D eigenvalue weighted by Crippen LogP contribution is -2.08. The minimum atomic E-state index is -0.559. The fourth-order valence-corrected chi connectivity index (χ4v) is 3.54. The quantitative estimate of drug-likeness (QED) is 0.601. The number of hydrogen-bond donors (Lipinski definition) is 0. The van der Waals surface area contributed by atoms with Gasteiger partial charge in [-0.1, -0.05) is 35.9 Å². The number of benzene rings is 2. The lowest BCUT2D eigenvalue weighted by Gasteiger charge is -2.07. The third-order valence-electron chi connectivity index (χ3n) is 4.00. The number of hydrogen-bond acceptors (Lipinski definition) is 5. The molecule has 27 heavy (non-hydrogen) atoms. The maximum atomic E-state index is 13.9. The second-order valence-electron chi connectivity index (χ2n) is 6.13. The molecule has 0 bridgehead atoms. The molecule has 0 radical (unpaired) electrons. The van der Waals surface area contributed by atoms with Crippen molar-refractivity contribution < 1.29 is 13.9 Å². The van der Waals surface area contributed by atoms with Gasteiger partial charge in [-0.05, 0) is 26.0 Å². The zero-order chi connectivity index (χ0) is 19.4. The number of nitriles is 1. The molecule has 136 valence electrons. The Hall–Kier alpha value is -3.04. The van der Waals surface area contributed by atoms with Crippen LogP contribution < -0.4 is 0 Å². The molecule has 1 aromatic heterocycles. The highest BCUT2D eigenvalue weighted by Gasteiger charge is 2.16. The Morgan fingerprint density at radius 2 is 1.96 bits per heavy atom. The molecule has 3 rings (SSSR count). The Balaban J connectivity index is 1.70. The van der Waals surface area contributed by atoms with Gasteiger partial charge in [0.05, 0.1) is 28.8 Å². The molecule has 0 saturated carbocycles. The van der Waals surface area contributed by atoms with Gasteiger partial charge in [0.2, 0.25) is 0 Å². The molecule has 0 N–H and O–H groups in total. The molecule has 1 heterocycles. The molecule has 2 aromatic carbocycles. The van der Waals surface area contributed by atoms with Gasteiger partial charge in [0, 0.05) is 16.0 Å². The van der Waals surface area contributed by atoms with E-state index in [4.69, 9.17) is 10.00 Å². The molecule has 6 heteroatoms. The number of nitrogens with zero attached hydrogens (tertiary/aromatic N) is 2. The first-order chi connectivity index (χ1) is 13.0. The third-order valence-corrected chi connectivity index (χ3v) is 4.98. The number of carbonyl (C=O) groups is 1. The Bertz CT molecular complexity index is 1020. The van der Waals surface area contributed by atoms with Crippen molar-refractivity contribution >= 4 is 17.3 Å². The lowest BCUT2D eigenvalue weighted by molar-refractivity contribution is -0.144. The zero-order valence-electron chi connectivity index (χ0n) is 15.0. The van der Waals surface area contributed by atoms with Gasteiger partial charge in [-0.15, -0.1) is 11.3 Å². The van der Waals surface area contributed by atoms with E-state index >= 15 is 0 Å². The highest BCUT2D eigenvalue weighted by atomic mass is 32.1. The summed E-state index contributed by atoms with van der Waals surface area (Å²) in [5.41, 5.74) is 3.34. The van der Waals surface area contributed by atoms with E-state index in [1.165, 1.54) is 23.5 Å². The van der Waals surface area contributed by atoms with Crippen LogP contribution in [0.4, 0.5) is 4.39 Å². The van der Waals surface area contributed by atoms with Gasteiger partial charge in [0.1, 0.15) is 12.4 Å². The first-order valence-electron chi connectivity index (χ1n) is 8.34. The number of thiazole rings is 1. The standard InChI is InChI=1S/C21H17FN2O2S/c1-13-3-6-16(7-4-13)21-19(27-14(2)24-21)10-20(25)26-12-17-8-5-15(11-23)9-18(17)22/h3-9H,10,12H2,1-2H3. The second kappa shape index (κ2) is 8.11. The number of aromatic nitrogens is 1. The van der Waals surface area contributed by atoms with Crippen molar-refractivity contribution in [2.24, 2.45) is 0 Å². The zero-order valence-corrected chi connectivity index (χ0v) is 15.8. The maximum absolute atomic E-state index is 13.9. The summed E-state index contributed by atoms with van der Waals surface area (Å²) in [7, 11) is 0. The summed E-state index contributed by atoms with van der Waals surface area (Å²) in [6.07, 6.45) is 0.0760. The average molecular weight is 380 g/mol. The van der Waals surface area contributed by atoms with Gasteiger partial charge in [-0.2, -0.15) is 5.26 Å². The van der Waals surface area contributed by atoms with E-state index in [1.54, 1.807) is 0 Å². The van der Waals surface area contributed by atoms with Crippen LogP contribution in [0.1, 0.15) is 26.6 Å². The molecule has 0 aliphatic carbocycles. The van der Waals surface area contributed by atoms with Gasteiger partial charge in [-0.25, -0.2) is 9.37 Å². The summed E-state index contributed by atoms with van der Waals surface area (Å²) in [4.78, 5) is 17.6. The minimum absolute atomic E-state index is 0.0760. The number of rotatable bonds is 5. The first-order valence-corrected chi connectivity index (χ1v) is 9.15. The SMILES string of the molecule is Cc1ccc(-c2nc(C)sc2CC(=O)OCc2ccc(C#N)cc2F)cc1. The molecule has 0 saturated heterocycles. The summed E-state index contributed by atoms with van der Waals surface area (Å²) in [5, 5.41) is 9.63. The molecule has 0 aliphatic heterocycles. The van der Waals surface area contributed by atoms with Gasteiger partial charge in [0.25, 0.3) is 0 Å². The van der Waals surface area contributed by atoms with Gasteiger partial charge in [0.15, 0.2) is 0 Å². The van der Waals surface area contributed by atoms with E-state index in [0.717, 1.165) is 32.8 Å². The molecule has 0 aliphatic rings. The molecule has 0 fully saturated rings. The predicted molar refractivity (Wildman–Crippen MR) is 102 cm³/mol. The summed E-state index contributed by atoms with van der Waals surface area (Å²) in [6.45, 7) is 3.73. The van der Waals surface area contributed by atoms with Crippen molar-refractivity contribution in [1.29, 1.82) is 5.26 Å². The summed E-state index contributed by atoms with van der Waals surface area (Å²) in [6, 6.07) is 13.9. The predicted octanol–water partition coefficient (Wildman–Crippen LogP) is 4.72. The first kappa shape index (κ1) is 18.7. The second-order valence-corrected chi connectivity index (χ2v) is 7.41. The van der Waals surface area contributed by atoms with Crippen LogP contribution in [0.3, 0.4) is 0 Å². The Morgan fingerprint density at radius 1 is 1.22 bits per heavy atom. The number of halogens is 1. The lowest BCUT2D eigenvalue weighted by atomic mass is 10.1. The van der Waals surface area contributed by atoms with Crippen LogP contribution >= 0.6 is 11.3 Å². The normalized spacial score (nSPS) is 10.4. The van der Waals surface area contributed by atoms with Gasteiger partial charge >= 0.3 is 5.97 Å². The third kappa shape index (κ3) is 4.57. The largest absolute Gasteiger partial charge is 0.460 e. The van der Waals surface area contributed by atoms with E-state index in [9.17, 15) is 9.18 Å². The number of ether oxygens (including phenoxy) is 1. The number of esters is 1. The average Bonchev–Trinajstić information content (AvgIpc) is 3.01. The maximum Gasteiger partial charge on any atom is 0.311 e. The molecule has 0 amide bonds. The van der Waals surface area contributed by atoms with Crippen molar-refractivity contribution in [3.63, 3.8) is 0 Å². The van der Waals surface area contributed by atoms with E-state index < -0.39 is 11.8 Å². The Kier molecular flexibility index (Phi) is 5.63. The van der Waals surface area contributed by atoms with Gasteiger partial charge < -0.3 is 4.74 Å². The fraction of sp³-hybridized carbons (Fsp3) is 0.190. The van der Waals surface area contributed by atoms with Crippen LogP contribution in [0.25, 0.3) is 11.3 Å². The molecule has 3 aromatic rings. The molecular formula is C21H17FN2O2S. The highest BCUT2D eigenvalue weighted by molar-refractivity contribution is 7.12. The van der Waals surface area contributed by atoms with Crippen LogP contribution in [0.2, 0.25) is 0 Å². The van der Waals surface area contributed by atoms with Crippen LogP contribution in [0.5, 0.6) is 0 Å². The summed E-state index contributed by atoms with van der Waals surface area (Å²) >= 11 is 1.45. The van der Waals surface area contributed by atoms with Crippen molar-refractivity contribution in [3.05, 3.63) is 74.9 Å². The van der Waals surface area contributed by atoms with Crippen molar-refractivity contribution in [2.45, 2.75) is 26.9 Å². The molecule has 0 unspecified atom stereocenters. The van der Waals surface area contributed by atoms with Crippen LogP contribution in [-0.2, 0) is 22.6 Å². The van der Waals surface area contributed by atoms with E-state index in [-0.39, 0.29) is 24.2 Å². The number of aryl methyl sites for hydroxylation is 2. The van der Waals surface area contributed by atoms with Crippen molar-refractivity contribution in [2.75, 3.05) is 0 Å². The fourth-order valence-electron chi connectivity index (χ4n) is 2.60. The van der Waals surface area contributed by atoms with E-state index in [1.807, 2.05) is 44.2 Å². The van der Waals surface area contributed by atoms with E-state index in [2.05, 4.69) is 4.98 Å². The molecule has 0 spiro atoms. The smallest absolute Gasteiger partial charge is 0.311 e. The van der Waals surface area contributed by atoms with E-state index in [0.29, 0.717) is 0 Å². The van der Waals surface area contributed by atoms with Crippen LogP contribution in [0.15, 0.2) is 42.5 Å². The monoisotopic (exact) mass is 380 g/mol. The number of carbonyl (C=O) groups excluding carboxylic acids is 1. The molecule has 0 atom stereocenters. The van der Waals surface area contributed by atoms with Crippen LogP contribution in [0, 0.1) is 31.0 Å². The molecule has 4 nitrogen and oxygen atoms in total. The van der Waals surface area contributed by atoms with Crippen molar-refractivity contribution in [1.82, 2.24) is 4.98 Å². The Morgan fingerprint density at radius 3 is 2.63 bits per heavy atom. The molecular weight excluding hydrogens is 363 g/mol. The summed E-state index contributed by atoms with van der Waals surface area (Å²) < 4.78 is 19.1. The van der Waals surface area contributed by atoms with Gasteiger partial charge in [-0.3, -0.25) is 4.79 Å². The minimum Gasteiger partial charge on any atom is -0.460 e. The summed E-state index contributed by atoms with van der Waals surface area (Å²) in [5.74, 6) is -1.01. The highest BCUT2D eigenvalue weighted by Crippen LogP contribution is 2.29. The van der Waals surface area contributed by atoms with Crippen molar-refractivity contribution in [3.8, 4) is 17.3 Å².